The zero-order chi connectivity index (χ0) is 10.5. The van der Waals surface area contributed by atoms with Crippen LogP contribution in [-0.4, -0.2) is 29.7 Å². The Labute approximate surface area is 84.1 Å². The van der Waals surface area contributed by atoms with Gasteiger partial charge in [0.2, 0.25) is 0 Å². The van der Waals surface area contributed by atoms with Gasteiger partial charge in [0.15, 0.2) is 16.6 Å². The van der Waals surface area contributed by atoms with E-state index >= 15 is 0 Å². The van der Waals surface area contributed by atoms with E-state index in [1.54, 1.807) is 0 Å². The molecule has 0 bridgehead atoms. The van der Waals surface area contributed by atoms with E-state index in [9.17, 15) is 0 Å². The Hall–Kier alpha value is 0.314. The van der Waals surface area contributed by atoms with Crippen molar-refractivity contribution in [3.8, 4) is 0 Å². The predicted octanol–water partition coefficient (Wildman–Crippen LogP) is 1.33. The molecule has 0 aromatic heterocycles. The lowest BCUT2D eigenvalue weighted by Crippen LogP contribution is -2.46. The average molecular weight is 220 g/mol. The van der Waals surface area contributed by atoms with E-state index in [1.807, 2.05) is 0 Å². The van der Waals surface area contributed by atoms with Crippen LogP contribution < -0.4 is 11.5 Å². The van der Waals surface area contributed by atoms with Gasteiger partial charge in [-0.15, -0.1) is 0 Å². The van der Waals surface area contributed by atoms with Crippen LogP contribution in [0.25, 0.3) is 0 Å². The molecule has 3 nitrogen and oxygen atoms in total. The molecule has 0 aliphatic rings. The van der Waals surface area contributed by atoms with E-state index in [4.69, 9.17) is 15.6 Å². The summed E-state index contributed by atoms with van der Waals surface area (Å²) in [4.78, 5) is 0. The minimum atomic E-state index is -1.57. The molecule has 0 amide bonds. The minimum Gasteiger partial charge on any atom is -0.455 e. The summed E-state index contributed by atoms with van der Waals surface area (Å²) in [5.41, 5.74) is 11.2. The first kappa shape index (κ1) is 13.3. The fourth-order valence-corrected chi connectivity index (χ4v) is 9.78. The summed E-state index contributed by atoms with van der Waals surface area (Å²) in [5.74, 6) is 0. The van der Waals surface area contributed by atoms with Crippen LogP contribution >= 0.6 is 0 Å². The first-order chi connectivity index (χ1) is 5.83. The van der Waals surface area contributed by atoms with E-state index in [0.717, 1.165) is 25.2 Å². The molecule has 0 aliphatic heterocycles. The van der Waals surface area contributed by atoms with Crippen molar-refractivity contribution in [3.05, 3.63) is 0 Å². The van der Waals surface area contributed by atoms with Crippen molar-refractivity contribution in [2.24, 2.45) is 11.5 Å². The number of hydrogen-bond donors (Lipinski definition) is 2. The summed E-state index contributed by atoms with van der Waals surface area (Å²) in [7, 11) is -2.99. The summed E-state index contributed by atoms with van der Waals surface area (Å²) in [6.45, 7) is 10.4. The van der Waals surface area contributed by atoms with Crippen LogP contribution in [0.3, 0.4) is 0 Å². The van der Waals surface area contributed by atoms with Gasteiger partial charge in [-0.25, -0.2) is 0 Å². The van der Waals surface area contributed by atoms with Gasteiger partial charge in [-0.1, -0.05) is 0 Å². The lowest BCUT2D eigenvalue weighted by atomic mass is 10.8. The molecule has 80 valence electrons. The van der Waals surface area contributed by atoms with Gasteiger partial charge in [-0.3, -0.25) is 0 Å². The Kier molecular flexibility index (Phi) is 5.38. The molecule has 0 spiro atoms. The average Bonchev–Trinajstić information content (AvgIpc) is 1.82. The molecule has 0 aliphatic carbocycles. The van der Waals surface area contributed by atoms with Crippen LogP contribution in [0.15, 0.2) is 0 Å². The molecule has 0 aromatic rings. The Balaban J connectivity index is 4.22. The molecular formula is C8H24N2OSi2. The van der Waals surface area contributed by atoms with Crippen molar-refractivity contribution in [3.63, 3.8) is 0 Å². The highest BCUT2D eigenvalue weighted by atomic mass is 28.4. The van der Waals surface area contributed by atoms with Crippen LogP contribution in [0.4, 0.5) is 0 Å². The lowest BCUT2D eigenvalue weighted by Gasteiger charge is -2.34. The van der Waals surface area contributed by atoms with E-state index < -0.39 is 16.6 Å². The van der Waals surface area contributed by atoms with Crippen molar-refractivity contribution in [1.82, 2.24) is 0 Å². The lowest BCUT2D eigenvalue weighted by molar-refractivity contribution is 0.536. The zero-order valence-electron chi connectivity index (χ0n) is 9.39. The Morgan fingerprint density at radius 3 is 1.54 bits per heavy atom. The van der Waals surface area contributed by atoms with Gasteiger partial charge in [0.25, 0.3) is 0 Å². The molecule has 4 N–H and O–H groups in total. The number of rotatable bonds is 6. The van der Waals surface area contributed by atoms with Crippen LogP contribution in [0, 0.1) is 0 Å². The molecular weight excluding hydrogens is 196 g/mol. The van der Waals surface area contributed by atoms with Gasteiger partial charge in [-0.2, -0.15) is 0 Å². The van der Waals surface area contributed by atoms with Crippen molar-refractivity contribution in [2.45, 2.75) is 38.3 Å². The van der Waals surface area contributed by atoms with Crippen LogP contribution in [0.2, 0.25) is 38.3 Å². The van der Waals surface area contributed by atoms with Crippen LogP contribution in [-0.2, 0) is 4.12 Å². The van der Waals surface area contributed by atoms with Crippen molar-refractivity contribution in [2.75, 3.05) is 13.1 Å². The van der Waals surface area contributed by atoms with E-state index in [1.165, 1.54) is 0 Å². The van der Waals surface area contributed by atoms with Crippen molar-refractivity contribution >= 4 is 16.6 Å². The highest BCUT2D eigenvalue weighted by molar-refractivity contribution is 6.84. The zero-order valence-corrected chi connectivity index (χ0v) is 11.4. The molecule has 0 radical (unpaired) electrons. The SMILES string of the molecule is C[Si](C)(C)O[Si](C)(CCN)CCN. The molecule has 13 heavy (non-hydrogen) atoms. The number of hydrogen-bond acceptors (Lipinski definition) is 3. The number of nitrogens with two attached hydrogens (primary N) is 2. The van der Waals surface area contributed by atoms with Gasteiger partial charge in [0.05, 0.1) is 0 Å². The minimum absolute atomic E-state index is 0.729. The van der Waals surface area contributed by atoms with Crippen LogP contribution in [0.1, 0.15) is 0 Å². The summed E-state index contributed by atoms with van der Waals surface area (Å²) in [5, 5.41) is 0. The predicted molar refractivity (Wildman–Crippen MR) is 63.8 cm³/mol. The molecule has 0 rings (SSSR count). The fraction of sp³-hybridized carbons (Fsp3) is 1.00. The summed E-state index contributed by atoms with van der Waals surface area (Å²) < 4.78 is 6.22. The van der Waals surface area contributed by atoms with Gasteiger partial charge < -0.3 is 15.6 Å². The molecule has 0 saturated heterocycles. The Bertz CT molecular complexity index is 142. The maximum Gasteiger partial charge on any atom is 0.179 e. The fourth-order valence-electron chi connectivity index (χ4n) is 1.58. The maximum atomic E-state index is 6.22. The molecule has 0 heterocycles. The summed E-state index contributed by atoms with van der Waals surface area (Å²) >= 11 is 0. The second kappa shape index (κ2) is 5.26. The second-order valence-corrected chi connectivity index (χ2v) is 13.7. The van der Waals surface area contributed by atoms with E-state index in [0.29, 0.717) is 0 Å². The quantitative estimate of drug-likeness (QED) is 0.664. The first-order valence-corrected chi connectivity index (χ1v) is 11.2. The van der Waals surface area contributed by atoms with Crippen molar-refractivity contribution < 1.29 is 4.12 Å². The standard InChI is InChI=1S/C8H24N2OSi2/c1-12(2,3)11-13(4,7-5-9)8-6-10/h5-10H2,1-4H3. The Morgan fingerprint density at radius 1 is 0.923 bits per heavy atom. The molecule has 0 saturated carbocycles. The summed E-state index contributed by atoms with van der Waals surface area (Å²) in [6.07, 6.45) is 0. The molecule has 0 unspecified atom stereocenters. The molecule has 5 heteroatoms. The van der Waals surface area contributed by atoms with Crippen LogP contribution in [0.5, 0.6) is 0 Å². The smallest absolute Gasteiger partial charge is 0.179 e. The third-order valence-electron chi connectivity index (χ3n) is 1.90. The van der Waals surface area contributed by atoms with Gasteiger partial charge >= 0.3 is 0 Å². The molecule has 0 fully saturated rings. The highest BCUT2D eigenvalue weighted by Crippen LogP contribution is 2.21. The second-order valence-electron chi connectivity index (χ2n) is 4.74. The first-order valence-electron chi connectivity index (χ1n) is 4.93. The van der Waals surface area contributed by atoms with Gasteiger partial charge in [0.1, 0.15) is 0 Å². The molecule has 0 aromatic carbocycles. The third kappa shape index (κ3) is 6.39. The van der Waals surface area contributed by atoms with E-state index in [2.05, 4.69) is 26.2 Å². The summed E-state index contributed by atoms with van der Waals surface area (Å²) in [6, 6.07) is 2.07. The highest BCUT2D eigenvalue weighted by Gasteiger charge is 2.32. The normalized spacial score (nSPS) is 13.4. The topological polar surface area (TPSA) is 61.3 Å². The Morgan fingerprint density at radius 2 is 1.31 bits per heavy atom. The monoisotopic (exact) mass is 220 g/mol. The molecule has 0 atom stereocenters. The largest absolute Gasteiger partial charge is 0.455 e. The van der Waals surface area contributed by atoms with Gasteiger partial charge in [-0.05, 0) is 51.4 Å². The van der Waals surface area contributed by atoms with Gasteiger partial charge in [0, 0.05) is 0 Å². The third-order valence-corrected chi connectivity index (χ3v) is 9.01. The maximum absolute atomic E-state index is 6.22. The van der Waals surface area contributed by atoms with Crippen molar-refractivity contribution in [1.29, 1.82) is 0 Å². The van der Waals surface area contributed by atoms with E-state index in [-0.39, 0.29) is 0 Å².